The van der Waals surface area contributed by atoms with Crippen LogP contribution < -0.4 is 5.32 Å². The highest BCUT2D eigenvalue weighted by Gasteiger charge is 2.45. The van der Waals surface area contributed by atoms with Crippen molar-refractivity contribution in [2.24, 2.45) is 5.41 Å². The van der Waals surface area contributed by atoms with Crippen molar-refractivity contribution >= 4 is 29.4 Å². The Morgan fingerprint density at radius 2 is 1.88 bits per heavy atom. The van der Waals surface area contributed by atoms with Gasteiger partial charge in [-0.15, -0.1) is 0 Å². The Hall–Kier alpha value is -2.28. The fourth-order valence-electron chi connectivity index (χ4n) is 3.66. The maximum Gasteiger partial charge on any atom is 0.319 e. The van der Waals surface area contributed by atoms with Gasteiger partial charge in [-0.2, -0.15) is 0 Å². The Labute approximate surface area is 157 Å². The average Bonchev–Trinajstić information content (AvgIpc) is 2.85. The Bertz CT molecular complexity index is 739. The van der Waals surface area contributed by atoms with E-state index in [9.17, 15) is 14.4 Å². The molecular formula is C18H23ClN4O3. The summed E-state index contributed by atoms with van der Waals surface area (Å²) in [6.07, 6.45) is 0.309. The molecule has 0 unspecified atom stereocenters. The van der Waals surface area contributed by atoms with Crippen molar-refractivity contribution in [2.75, 3.05) is 46.8 Å². The van der Waals surface area contributed by atoms with Gasteiger partial charge in [-0.1, -0.05) is 17.7 Å². The minimum Gasteiger partial charge on any atom is -0.355 e. The summed E-state index contributed by atoms with van der Waals surface area (Å²) in [5.41, 5.74) is 0.0466. The zero-order valence-electron chi connectivity index (χ0n) is 15.0. The van der Waals surface area contributed by atoms with Gasteiger partial charge >= 0.3 is 6.03 Å². The van der Waals surface area contributed by atoms with E-state index in [1.54, 1.807) is 48.2 Å². The number of rotatable bonds is 1. The summed E-state index contributed by atoms with van der Waals surface area (Å²) in [5.74, 6) is -0.176. The number of carbonyl (C=O) groups is 3. The summed E-state index contributed by atoms with van der Waals surface area (Å²) < 4.78 is 0. The van der Waals surface area contributed by atoms with E-state index in [1.165, 1.54) is 4.90 Å². The third kappa shape index (κ3) is 3.77. The van der Waals surface area contributed by atoms with Crippen LogP contribution in [0.1, 0.15) is 16.8 Å². The molecule has 0 aliphatic carbocycles. The fraction of sp³-hybridized carbons (Fsp3) is 0.500. The summed E-state index contributed by atoms with van der Waals surface area (Å²) in [6, 6.07) is 6.72. The van der Waals surface area contributed by atoms with Gasteiger partial charge in [0.15, 0.2) is 0 Å². The van der Waals surface area contributed by atoms with Crippen LogP contribution in [-0.2, 0) is 4.79 Å². The fourth-order valence-corrected chi connectivity index (χ4v) is 3.85. The highest BCUT2D eigenvalue weighted by Crippen LogP contribution is 2.31. The van der Waals surface area contributed by atoms with Crippen LogP contribution in [0.4, 0.5) is 4.79 Å². The zero-order valence-corrected chi connectivity index (χ0v) is 15.8. The summed E-state index contributed by atoms with van der Waals surface area (Å²) >= 11 is 6.02. The minimum atomic E-state index is -0.465. The summed E-state index contributed by atoms with van der Waals surface area (Å²) in [7, 11) is 3.40. The molecule has 0 radical (unpaired) electrons. The lowest BCUT2D eigenvalue weighted by molar-refractivity contribution is -0.119. The van der Waals surface area contributed by atoms with Crippen LogP contribution in [0.3, 0.4) is 0 Å². The number of urea groups is 1. The largest absolute Gasteiger partial charge is 0.355 e. The van der Waals surface area contributed by atoms with Crippen LogP contribution in [0, 0.1) is 5.41 Å². The van der Waals surface area contributed by atoms with E-state index in [1.807, 2.05) is 0 Å². The third-order valence-electron chi connectivity index (χ3n) is 4.90. The summed E-state index contributed by atoms with van der Waals surface area (Å²) in [5, 5.41) is 3.36. The van der Waals surface area contributed by atoms with Crippen molar-refractivity contribution in [3.8, 4) is 0 Å². The second-order valence-corrected chi connectivity index (χ2v) is 7.73. The number of benzene rings is 1. The van der Waals surface area contributed by atoms with Crippen molar-refractivity contribution in [3.05, 3.63) is 34.9 Å². The standard InChI is InChI=1S/C18H23ClN4O3/c1-21(2)17(26)23-7-6-22(11-18(12-23)9-15(24)20-10-18)16(25)13-4-3-5-14(19)8-13/h3-5,8H,6-7,9-12H2,1-2H3,(H,20,24)/t18-/m1/s1. The molecule has 1 aromatic carbocycles. The molecule has 8 heteroatoms. The first kappa shape index (κ1) is 18.5. The SMILES string of the molecule is CN(C)C(=O)N1CCN(C(=O)c2cccc(Cl)c2)C[C@@]2(CNC(=O)C2)C1. The van der Waals surface area contributed by atoms with E-state index in [-0.39, 0.29) is 17.8 Å². The Balaban J connectivity index is 1.87. The highest BCUT2D eigenvalue weighted by atomic mass is 35.5. The van der Waals surface area contributed by atoms with Gasteiger partial charge in [0.25, 0.3) is 5.91 Å². The first-order valence-electron chi connectivity index (χ1n) is 8.57. The van der Waals surface area contributed by atoms with Crippen LogP contribution in [0.5, 0.6) is 0 Å². The van der Waals surface area contributed by atoms with Crippen LogP contribution >= 0.6 is 11.6 Å². The van der Waals surface area contributed by atoms with E-state index in [2.05, 4.69) is 5.32 Å². The number of nitrogens with zero attached hydrogens (tertiary/aromatic N) is 3. The molecule has 0 aromatic heterocycles. The molecule has 1 aromatic rings. The molecule has 26 heavy (non-hydrogen) atoms. The number of hydrogen-bond acceptors (Lipinski definition) is 3. The zero-order chi connectivity index (χ0) is 18.9. The van der Waals surface area contributed by atoms with Gasteiger partial charge in [0.2, 0.25) is 5.91 Å². The van der Waals surface area contributed by atoms with Gasteiger partial charge in [-0.25, -0.2) is 4.79 Å². The summed E-state index contributed by atoms with van der Waals surface area (Å²) in [6.45, 7) is 2.18. The first-order chi connectivity index (χ1) is 12.3. The first-order valence-corrected chi connectivity index (χ1v) is 8.95. The molecule has 1 N–H and O–H groups in total. The quantitative estimate of drug-likeness (QED) is 0.800. The van der Waals surface area contributed by atoms with E-state index in [0.717, 1.165) is 0 Å². The summed E-state index contributed by atoms with van der Waals surface area (Å²) in [4.78, 5) is 42.3. The lowest BCUT2D eigenvalue weighted by Gasteiger charge is -2.33. The van der Waals surface area contributed by atoms with Crippen LogP contribution in [0.15, 0.2) is 24.3 Å². The molecule has 2 aliphatic rings. The van der Waals surface area contributed by atoms with Gasteiger partial charge in [0.05, 0.1) is 0 Å². The van der Waals surface area contributed by atoms with Crippen molar-refractivity contribution in [1.82, 2.24) is 20.0 Å². The minimum absolute atomic E-state index is 0.0423. The smallest absolute Gasteiger partial charge is 0.319 e. The maximum atomic E-state index is 13.0. The number of amides is 4. The third-order valence-corrected chi connectivity index (χ3v) is 5.14. The van der Waals surface area contributed by atoms with Gasteiger partial charge in [-0.05, 0) is 18.2 Å². The molecular weight excluding hydrogens is 356 g/mol. The Morgan fingerprint density at radius 1 is 1.19 bits per heavy atom. The molecule has 2 fully saturated rings. The van der Waals surface area contributed by atoms with Crippen molar-refractivity contribution in [1.29, 1.82) is 0 Å². The average molecular weight is 379 g/mol. The molecule has 0 saturated carbocycles. The molecule has 2 heterocycles. The van der Waals surface area contributed by atoms with Crippen LogP contribution in [0.25, 0.3) is 0 Å². The van der Waals surface area contributed by atoms with Gasteiger partial charge in [0, 0.05) is 69.2 Å². The lowest BCUT2D eigenvalue weighted by atomic mass is 9.86. The second kappa shape index (κ2) is 7.15. The molecule has 3 rings (SSSR count). The molecule has 140 valence electrons. The van der Waals surface area contributed by atoms with Crippen molar-refractivity contribution in [2.45, 2.75) is 6.42 Å². The predicted molar refractivity (Wildman–Crippen MR) is 98.1 cm³/mol. The number of halogens is 1. The molecule has 1 atom stereocenters. The van der Waals surface area contributed by atoms with Crippen molar-refractivity contribution < 1.29 is 14.4 Å². The molecule has 4 amide bonds. The van der Waals surface area contributed by atoms with E-state index < -0.39 is 5.41 Å². The normalized spacial score (nSPS) is 23.0. The molecule has 7 nitrogen and oxygen atoms in total. The molecule has 2 saturated heterocycles. The predicted octanol–water partition coefficient (Wildman–Crippen LogP) is 1.29. The van der Waals surface area contributed by atoms with E-state index in [4.69, 9.17) is 11.6 Å². The van der Waals surface area contributed by atoms with Crippen LogP contribution in [0.2, 0.25) is 5.02 Å². The van der Waals surface area contributed by atoms with Crippen LogP contribution in [-0.4, -0.2) is 79.4 Å². The van der Waals surface area contributed by atoms with E-state index >= 15 is 0 Å². The Morgan fingerprint density at radius 3 is 2.50 bits per heavy atom. The van der Waals surface area contributed by atoms with Gasteiger partial charge in [-0.3, -0.25) is 9.59 Å². The second-order valence-electron chi connectivity index (χ2n) is 7.29. The molecule has 1 spiro atoms. The van der Waals surface area contributed by atoms with Gasteiger partial charge in [0.1, 0.15) is 0 Å². The topological polar surface area (TPSA) is 73.0 Å². The van der Waals surface area contributed by atoms with Crippen molar-refractivity contribution in [3.63, 3.8) is 0 Å². The highest BCUT2D eigenvalue weighted by molar-refractivity contribution is 6.30. The lowest BCUT2D eigenvalue weighted by Crippen LogP contribution is -2.47. The monoisotopic (exact) mass is 378 g/mol. The molecule has 0 bridgehead atoms. The number of hydrogen-bond donors (Lipinski definition) is 1. The maximum absolute atomic E-state index is 13.0. The van der Waals surface area contributed by atoms with Gasteiger partial charge < -0.3 is 20.0 Å². The number of carbonyl (C=O) groups excluding carboxylic acids is 3. The number of nitrogens with one attached hydrogen (secondary N) is 1. The van der Waals surface area contributed by atoms with E-state index in [0.29, 0.717) is 49.7 Å². The molecule has 2 aliphatic heterocycles. The Kier molecular flexibility index (Phi) is 5.09.